The molecule has 0 aromatic heterocycles. The minimum absolute atomic E-state index is 0.694. The number of benzene rings is 2. The average Bonchev–Trinajstić information content (AvgIpc) is 2.25. The van der Waals surface area contributed by atoms with Crippen LogP contribution in [-0.2, 0) is 0 Å². The number of rotatable bonds is 1. The topological polar surface area (TPSA) is 0 Å². The first-order valence-electron chi connectivity index (χ1n) is 5.10. The van der Waals surface area contributed by atoms with E-state index < -0.39 is 0 Å². The third-order valence-electron chi connectivity index (χ3n) is 2.61. The Kier molecular flexibility index (Phi) is 3.22. The smallest absolute Gasteiger partial charge is 0.0499 e. The Morgan fingerprint density at radius 2 is 1.44 bits per heavy atom. The Balaban J connectivity index is 2.56. The summed E-state index contributed by atoms with van der Waals surface area (Å²) in [7, 11) is 0. The fourth-order valence-corrected chi connectivity index (χ4v) is 2.10. The molecular weight excluding hydrogens is 239 g/mol. The van der Waals surface area contributed by atoms with Crippen LogP contribution in [0.4, 0.5) is 0 Å². The minimum atomic E-state index is 0.694. The van der Waals surface area contributed by atoms with Gasteiger partial charge in [0.05, 0.1) is 0 Å². The zero-order valence-corrected chi connectivity index (χ0v) is 10.7. The Labute approximate surface area is 106 Å². The van der Waals surface area contributed by atoms with Gasteiger partial charge in [0.15, 0.2) is 0 Å². The maximum absolute atomic E-state index is 6.19. The number of hydrogen-bond acceptors (Lipinski definition) is 0. The van der Waals surface area contributed by atoms with Crippen molar-refractivity contribution < 1.29 is 0 Å². The van der Waals surface area contributed by atoms with Crippen molar-refractivity contribution in [3.63, 3.8) is 0 Å². The Hall–Kier alpha value is -0.980. The van der Waals surface area contributed by atoms with Crippen LogP contribution in [0.5, 0.6) is 0 Å². The van der Waals surface area contributed by atoms with Crippen molar-refractivity contribution in [2.75, 3.05) is 0 Å². The second kappa shape index (κ2) is 4.48. The highest BCUT2D eigenvalue weighted by Crippen LogP contribution is 2.32. The molecule has 0 aliphatic carbocycles. The summed E-state index contributed by atoms with van der Waals surface area (Å²) in [5.41, 5.74) is 4.44. The van der Waals surface area contributed by atoms with E-state index in [2.05, 4.69) is 31.2 Å². The molecule has 2 rings (SSSR count). The Bertz CT molecular complexity index is 513. The van der Waals surface area contributed by atoms with Crippen molar-refractivity contribution in [3.8, 4) is 11.1 Å². The summed E-state index contributed by atoms with van der Waals surface area (Å²) in [6.45, 7) is 4.05. The van der Waals surface area contributed by atoms with Gasteiger partial charge in [0.1, 0.15) is 0 Å². The predicted octanol–water partition coefficient (Wildman–Crippen LogP) is 5.28. The molecule has 0 heterocycles. The van der Waals surface area contributed by atoms with Gasteiger partial charge in [0, 0.05) is 15.6 Å². The van der Waals surface area contributed by atoms with E-state index in [4.69, 9.17) is 23.2 Å². The normalized spacial score (nSPS) is 10.5. The zero-order valence-electron chi connectivity index (χ0n) is 9.22. The molecule has 0 aliphatic heterocycles. The highest BCUT2D eigenvalue weighted by molar-refractivity contribution is 6.36. The van der Waals surface area contributed by atoms with Gasteiger partial charge >= 0.3 is 0 Å². The van der Waals surface area contributed by atoms with E-state index in [0.29, 0.717) is 10.0 Å². The van der Waals surface area contributed by atoms with Crippen LogP contribution in [0.3, 0.4) is 0 Å². The number of halogens is 2. The van der Waals surface area contributed by atoms with Crippen LogP contribution in [0.25, 0.3) is 11.1 Å². The van der Waals surface area contributed by atoms with Gasteiger partial charge in [-0.25, -0.2) is 0 Å². The SMILES string of the molecule is Cc1ccc(-c2cc(C)c(Cl)cc2Cl)cc1. The van der Waals surface area contributed by atoms with Crippen molar-refractivity contribution in [2.24, 2.45) is 0 Å². The first-order valence-corrected chi connectivity index (χ1v) is 5.86. The van der Waals surface area contributed by atoms with Crippen molar-refractivity contribution in [1.82, 2.24) is 0 Å². The molecule has 0 atom stereocenters. The summed E-state index contributed by atoms with van der Waals surface area (Å²) in [5.74, 6) is 0. The van der Waals surface area contributed by atoms with Crippen molar-refractivity contribution >= 4 is 23.2 Å². The molecule has 0 bridgehead atoms. The Morgan fingerprint density at radius 3 is 2.06 bits per heavy atom. The molecule has 0 unspecified atom stereocenters. The fourth-order valence-electron chi connectivity index (χ4n) is 1.61. The molecule has 0 nitrogen and oxygen atoms in total. The lowest BCUT2D eigenvalue weighted by Gasteiger charge is -2.08. The average molecular weight is 251 g/mol. The van der Waals surface area contributed by atoms with Gasteiger partial charge in [-0.1, -0.05) is 53.0 Å². The molecule has 82 valence electrons. The van der Waals surface area contributed by atoms with Crippen LogP contribution in [0.15, 0.2) is 36.4 Å². The van der Waals surface area contributed by atoms with Crippen LogP contribution in [-0.4, -0.2) is 0 Å². The summed E-state index contributed by atoms with van der Waals surface area (Å²) >= 11 is 12.2. The quantitative estimate of drug-likeness (QED) is 0.647. The molecule has 0 amide bonds. The van der Waals surface area contributed by atoms with E-state index >= 15 is 0 Å². The van der Waals surface area contributed by atoms with Crippen LogP contribution in [0, 0.1) is 13.8 Å². The standard InChI is InChI=1S/C14H12Cl2/c1-9-3-5-11(6-4-9)12-7-10(2)13(15)8-14(12)16/h3-8H,1-2H3. The molecular formula is C14H12Cl2. The monoisotopic (exact) mass is 250 g/mol. The lowest BCUT2D eigenvalue weighted by molar-refractivity contribution is 1.44. The number of aryl methyl sites for hydroxylation is 2. The molecule has 2 aromatic carbocycles. The van der Waals surface area contributed by atoms with Gasteiger partial charge < -0.3 is 0 Å². The molecule has 0 N–H and O–H groups in total. The van der Waals surface area contributed by atoms with Gasteiger partial charge in [-0.15, -0.1) is 0 Å². The first kappa shape index (κ1) is 11.5. The van der Waals surface area contributed by atoms with E-state index in [1.165, 1.54) is 5.56 Å². The molecule has 0 fully saturated rings. The van der Waals surface area contributed by atoms with E-state index in [1.807, 2.05) is 13.0 Å². The van der Waals surface area contributed by atoms with Crippen LogP contribution >= 0.6 is 23.2 Å². The zero-order chi connectivity index (χ0) is 11.7. The van der Waals surface area contributed by atoms with Crippen LogP contribution in [0.1, 0.15) is 11.1 Å². The Morgan fingerprint density at radius 1 is 0.812 bits per heavy atom. The molecule has 0 saturated carbocycles. The second-order valence-corrected chi connectivity index (χ2v) is 4.76. The molecule has 16 heavy (non-hydrogen) atoms. The minimum Gasteiger partial charge on any atom is -0.0840 e. The first-order chi connectivity index (χ1) is 7.58. The van der Waals surface area contributed by atoms with Gasteiger partial charge in [-0.3, -0.25) is 0 Å². The molecule has 0 spiro atoms. The molecule has 2 aromatic rings. The van der Waals surface area contributed by atoms with Gasteiger partial charge in [0.2, 0.25) is 0 Å². The van der Waals surface area contributed by atoms with Crippen molar-refractivity contribution in [3.05, 3.63) is 57.6 Å². The summed E-state index contributed by atoms with van der Waals surface area (Å²) in [4.78, 5) is 0. The molecule has 0 saturated heterocycles. The van der Waals surface area contributed by atoms with Gasteiger partial charge in [0.25, 0.3) is 0 Å². The maximum atomic E-state index is 6.19. The van der Waals surface area contributed by atoms with Crippen LogP contribution < -0.4 is 0 Å². The van der Waals surface area contributed by atoms with Gasteiger partial charge in [-0.2, -0.15) is 0 Å². The lowest BCUT2D eigenvalue weighted by atomic mass is 10.0. The maximum Gasteiger partial charge on any atom is 0.0499 e. The van der Waals surface area contributed by atoms with Crippen molar-refractivity contribution in [1.29, 1.82) is 0 Å². The second-order valence-electron chi connectivity index (χ2n) is 3.95. The summed E-state index contributed by atoms with van der Waals surface area (Å²) in [5, 5.41) is 1.40. The summed E-state index contributed by atoms with van der Waals surface area (Å²) in [6.07, 6.45) is 0. The highest BCUT2D eigenvalue weighted by Gasteiger charge is 2.06. The third-order valence-corrected chi connectivity index (χ3v) is 3.33. The van der Waals surface area contributed by atoms with Crippen molar-refractivity contribution in [2.45, 2.75) is 13.8 Å². The lowest BCUT2D eigenvalue weighted by Crippen LogP contribution is -1.83. The van der Waals surface area contributed by atoms with E-state index in [-0.39, 0.29) is 0 Å². The van der Waals surface area contributed by atoms with E-state index in [1.54, 1.807) is 6.07 Å². The molecule has 0 aliphatic rings. The van der Waals surface area contributed by atoms with Gasteiger partial charge in [-0.05, 0) is 37.1 Å². The largest absolute Gasteiger partial charge is 0.0840 e. The third kappa shape index (κ3) is 2.23. The van der Waals surface area contributed by atoms with E-state index in [0.717, 1.165) is 16.7 Å². The summed E-state index contributed by atoms with van der Waals surface area (Å²) in [6, 6.07) is 12.1. The fraction of sp³-hybridized carbons (Fsp3) is 0.143. The molecule has 2 heteroatoms. The highest BCUT2D eigenvalue weighted by atomic mass is 35.5. The predicted molar refractivity (Wildman–Crippen MR) is 71.4 cm³/mol. The number of hydrogen-bond donors (Lipinski definition) is 0. The van der Waals surface area contributed by atoms with E-state index in [9.17, 15) is 0 Å². The molecule has 0 radical (unpaired) electrons. The van der Waals surface area contributed by atoms with Crippen LogP contribution in [0.2, 0.25) is 10.0 Å². The summed E-state index contributed by atoms with van der Waals surface area (Å²) < 4.78 is 0.